The van der Waals surface area contributed by atoms with Gasteiger partial charge in [0.25, 0.3) is 0 Å². The third-order valence-corrected chi connectivity index (χ3v) is 12.7. The molecule has 4 aliphatic carbocycles. The van der Waals surface area contributed by atoms with Gasteiger partial charge in [-0.25, -0.2) is 4.79 Å². The van der Waals surface area contributed by atoms with Crippen LogP contribution in [-0.4, -0.2) is 41.1 Å². The van der Waals surface area contributed by atoms with Crippen LogP contribution in [0.4, 0.5) is 0 Å². The minimum Gasteiger partial charge on any atom is -0.479 e. The second-order valence-electron chi connectivity index (χ2n) is 15.9. The van der Waals surface area contributed by atoms with Crippen molar-refractivity contribution in [3.05, 3.63) is 11.6 Å². The monoisotopic (exact) mass is 572 g/mol. The van der Waals surface area contributed by atoms with Crippen LogP contribution >= 0.6 is 0 Å². The molecule has 0 radical (unpaired) electrons. The maximum atomic E-state index is 12.6. The lowest BCUT2D eigenvalue weighted by Crippen LogP contribution is -2.57. The fraction of sp³-hybridized carbons (Fsp3) is 0.886. The van der Waals surface area contributed by atoms with E-state index < -0.39 is 17.4 Å². The van der Waals surface area contributed by atoms with Crippen LogP contribution < -0.4 is 0 Å². The molecule has 0 bridgehead atoms. The first kappa shape index (κ1) is 31.0. The van der Waals surface area contributed by atoms with E-state index in [0.717, 1.165) is 37.0 Å². The second-order valence-corrected chi connectivity index (χ2v) is 15.9. The predicted molar refractivity (Wildman–Crippen MR) is 159 cm³/mol. The number of carboxylic acid groups (broad SMARTS) is 1. The smallest absolute Gasteiger partial charge is 0.338 e. The first-order valence-electron chi connectivity index (χ1n) is 16.6. The Hall–Kier alpha value is -1.40. The zero-order chi connectivity index (χ0) is 30.0. The first-order chi connectivity index (χ1) is 19.1. The molecular formula is C35H56O6. The summed E-state index contributed by atoms with van der Waals surface area (Å²) < 4.78 is 18.2. The number of carboxylic acids is 1. The molecule has 4 fully saturated rings. The Kier molecular flexibility index (Phi) is 8.29. The molecule has 3 saturated carbocycles. The largest absolute Gasteiger partial charge is 0.479 e. The molecule has 6 nitrogen and oxygen atoms in total. The number of fused-ring (bicyclic) bond motifs is 5. The van der Waals surface area contributed by atoms with Crippen LogP contribution in [0.5, 0.6) is 0 Å². The average Bonchev–Trinajstić information content (AvgIpc) is 3.40. The Morgan fingerprint density at radius 3 is 2.37 bits per heavy atom. The summed E-state index contributed by atoms with van der Waals surface area (Å²) in [5.41, 5.74) is 0.211. The van der Waals surface area contributed by atoms with Crippen molar-refractivity contribution in [3.63, 3.8) is 0 Å². The zero-order valence-electron chi connectivity index (χ0n) is 27.0. The van der Waals surface area contributed by atoms with E-state index in [-0.39, 0.29) is 35.4 Å². The zero-order valence-corrected chi connectivity index (χ0v) is 27.0. The molecule has 1 N–H and O–H groups in total. The quantitative estimate of drug-likeness (QED) is 0.236. The summed E-state index contributed by atoms with van der Waals surface area (Å²) in [7, 11) is 0. The Balaban J connectivity index is 1.43. The molecule has 0 amide bonds. The van der Waals surface area contributed by atoms with Gasteiger partial charge in [0.1, 0.15) is 6.10 Å². The van der Waals surface area contributed by atoms with E-state index in [1.807, 2.05) is 0 Å². The lowest BCUT2D eigenvalue weighted by atomic mass is 9.45. The number of aliphatic carboxylic acids is 1. The Bertz CT molecular complexity index is 1050. The van der Waals surface area contributed by atoms with Crippen LogP contribution in [0.15, 0.2) is 11.6 Å². The highest BCUT2D eigenvalue weighted by molar-refractivity contribution is 5.78. The van der Waals surface area contributed by atoms with Gasteiger partial charge in [0.05, 0.1) is 6.61 Å². The van der Waals surface area contributed by atoms with Crippen molar-refractivity contribution in [2.24, 2.45) is 52.3 Å². The third kappa shape index (κ3) is 5.32. The highest BCUT2D eigenvalue weighted by Crippen LogP contribution is 2.68. The summed E-state index contributed by atoms with van der Waals surface area (Å²) in [5.74, 6) is 1.29. The highest BCUT2D eigenvalue weighted by atomic mass is 16.8. The lowest BCUT2D eigenvalue weighted by Gasteiger charge is -2.60. The van der Waals surface area contributed by atoms with Gasteiger partial charge >= 0.3 is 11.9 Å². The van der Waals surface area contributed by atoms with Gasteiger partial charge in [-0.05, 0) is 105 Å². The van der Waals surface area contributed by atoms with Crippen molar-refractivity contribution < 1.29 is 28.9 Å². The number of esters is 1. The van der Waals surface area contributed by atoms with Crippen LogP contribution in [0, 0.1) is 52.3 Å². The van der Waals surface area contributed by atoms with Gasteiger partial charge < -0.3 is 19.3 Å². The van der Waals surface area contributed by atoms with Crippen LogP contribution in [0.1, 0.15) is 120 Å². The fourth-order valence-corrected chi connectivity index (χ4v) is 10.6. The molecule has 0 spiro atoms. The van der Waals surface area contributed by atoms with Crippen LogP contribution in [0.2, 0.25) is 0 Å². The number of hydrogen-bond donors (Lipinski definition) is 1. The number of carbonyl (C=O) groups excluding carboxylic acids is 1. The van der Waals surface area contributed by atoms with E-state index in [0.29, 0.717) is 24.2 Å². The summed E-state index contributed by atoms with van der Waals surface area (Å²) in [6, 6.07) is 0. The van der Waals surface area contributed by atoms with E-state index in [9.17, 15) is 14.7 Å². The van der Waals surface area contributed by atoms with E-state index >= 15 is 0 Å². The van der Waals surface area contributed by atoms with Crippen molar-refractivity contribution in [1.29, 1.82) is 0 Å². The number of hydrogen-bond acceptors (Lipinski definition) is 5. The molecule has 232 valence electrons. The van der Waals surface area contributed by atoms with E-state index in [4.69, 9.17) is 14.2 Å². The Labute approximate surface area is 248 Å². The van der Waals surface area contributed by atoms with Crippen LogP contribution in [0.3, 0.4) is 0 Å². The summed E-state index contributed by atoms with van der Waals surface area (Å²) in [6.07, 6.45) is 13.2. The SMILES string of the molecule is CC(=O)OC1C=C2CC(C3(C(=O)O)COC(C)(C)O3)CCC2(C)C2CCC3(C)C(C(C)CCCC(C)C)CCC3C12. The fourth-order valence-electron chi connectivity index (χ4n) is 10.6. The first-order valence-corrected chi connectivity index (χ1v) is 16.6. The molecule has 1 saturated heterocycles. The van der Waals surface area contributed by atoms with E-state index in [1.165, 1.54) is 51.0 Å². The summed E-state index contributed by atoms with van der Waals surface area (Å²) in [5, 5.41) is 10.4. The molecule has 5 rings (SSSR count). The number of rotatable bonds is 8. The average molecular weight is 573 g/mol. The van der Waals surface area contributed by atoms with Gasteiger partial charge in [0.2, 0.25) is 0 Å². The Morgan fingerprint density at radius 2 is 1.76 bits per heavy atom. The maximum absolute atomic E-state index is 12.6. The molecule has 5 aliphatic rings. The van der Waals surface area contributed by atoms with Gasteiger partial charge in [-0.2, -0.15) is 0 Å². The van der Waals surface area contributed by atoms with Gasteiger partial charge in [-0.1, -0.05) is 59.5 Å². The minimum atomic E-state index is -1.34. The van der Waals surface area contributed by atoms with Gasteiger partial charge in [0.15, 0.2) is 11.4 Å². The van der Waals surface area contributed by atoms with Gasteiger partial charge in [0, 0.05) is 18.8 Å². The molecule has 6 heteroatoms. The molecule has 10 unspecified atom stereocenters. The molecule has 0 aromatic rings. The number of ether oxygens (including phenoxy) is 3. The van der Waals surface area contributed by atoms with Crippen molar-refractivity contribution in [2.75, 3.05) is 6.61 Å². The summed E-state index contributed by atoms with van der Waals surface area (Å²) in [6.45, 7) is 17.3. The number of carbonyl (C=O) groups is 2. The molecule has 10 atom stereocenters. The van der Waals surface area contributed by atoms with Crippen molar-refractivity contribution in [1.82, 2.24) is 0 Å². The number of allylic oxidation sites excluding steroid dienone is 1. The lowest BCUT2D eigenvalue weighted by molar-refractivity contribution is -0.198. The van der Waals surface area contributed by atoms with E-state index in [2.05, 4.69) is 40.7 Å². The van der Waals surface area contributed by atoms with Gasteiger partial charge in [-0.15, -0.1) is 0 Å². The maximum Gasteiger partial charge on any atom is 0.338 e. The molecule has 1 heterocycles. The van der Waals surface area contributed by atoms with Crippen molar-refractivity contribution in [2.45, 2.75) is 137 Å². The predicted octanol–water partition coefficient (Wildman–Crippen LogP) is 7.79. The standard InChI is InChI=1S/C35H56O6/c1-21(2)10-9-11-22(3)26-12-13-27-30-28(15-17-34(26,27)8)33(7)16-14-24(18-25(33)19-29(30)40-23(4)36)35(31(37)38)20-39-32(5,6)41-35/h19,21-22,24,26-30H,9-18,20H2,1-8H3,(H,37,38). The molecule has 0 aromatic heterocycles. The van der Waals surface area contributed by atoms with Crippen molar-refractivity contribution in [3.8, 4) is 0 Å². The van der Waals surface area contributed by atoms with E-state index in [1.54, 1.807) is 13.8 Å². The summed E-state index contributed by atoms with van der Waals surface area (Å²) in [4.78, 5) is 25.1. The topological polar surface area (TPSA) is 82.1 Å². The summed E-state index contributed by atoms with van der Waals surface area (Å²) >= 11 is 0. The molecule has 1 aliphatic heterocycles. The molecule has 0 aromatic carbocycles. The molecular weight excluding hydrogens is 516 g/mol. The normalized spacial score (nSPS) is 44.0. The second kappa shape index (κ2) is 10.9. The van der Waals surface area contributed by atoms with Crippen molar-refractivity contribution >= 4 is 11.9 Å². The highest BCUT2D eigenvalue weighted by Gasteiger charge is 2.64. The van der Waals surface area contributed by atoms with Gasteiger partial charge in [-0.3, -0.25) is 4.79 Å². The van der Waals surface area contributed by atoms with Crippen LogP contribution in [-0.2, 0) is 23.8 Å². The Morgan fingerprint density at radius 1 is 1.02 bits per heavy atom. The van der Waals surface area contributed by atoms with Crippen LogP contribution in [0.25, 0.3) is 0 Å². The third-order valence-electron chi connectivity index (χ3n) is 12.7. The molecule has 41 heavy (non-hydrogen) atoms. The minimum absolute atomic E-state index is 0.00517.